The fourth-order valence-corrected chi connectivity index (χ4v) is 3.58. The van der Waals surface area contributed by atoms with Crippen LogP contribution in [0.5, 0.6) is 0 Å². The van der Waals surface area contributed by atoms with Crippen molar-refractivity contribution < 1.29 is 8.42 Å². The quantitative estimate of drug-likeness (QED) is 0.852. The van der Waals surface area contributed by atoms with Gasteiger partial charge in [0.05, 0.1) is 6.20 Å². The smallest absolute Gasteiger partial charge is 0.254 e. The van der Waals surface area contributed by atoms with E-state index < -0.39 is 10.0 Å². The molecule has 1 aromatic heterocycles. The minimum atomic E-state index is -3.43. The van der Waals surface area contributed by atoms with Crippen LogP contribution in [-0.2, 0) is 10.0 Å². The molecule has 0 aliphatic rings. The normalized spacial score (nSPS) is 12.3. The van der Waals surface area contributed by atoms with Gasteiger partial charge in [-0.05, 0) is 7.05 Å². The lowest BCUT2D eigenvalue weighted by Gasteiger charge is -2.14. The first kappa shape index (κ1) is 12.9. The van der Waals surface area contributed by atoms with Gasteiger partial charge in [-0.3, -0.25) is 0 Å². The number of nitrogens with one attached hydrogen (secondary N) is 1. The van der Waals surface area contributed by atoms with Gasteiger partial charge in [-0.1, -0.05) is 22.9 Å². The van der Waals surface area contributed by atoms with Crippen LogP contribution < -0.4 is 5.32 Å². The molecule has 1 rings (SSSR count). The molecule has 5 nitrogen and oxygen atoms in total. The van der Waals surface area contributed by atoms with Crippen LogP contribution in [0.4, 0.5) is 0 Å². The highest BCUT2D eigenvalue weighted by molar-refractivity contribution is 7.91. The van der Waals surface area contributed by atoms with E-state index in [1.54, 1.807) is 7.05 Å². The van der Waals surface area contributed by atoms with E-state index in [0.717, 1.165) is 11.3 Å². The number of likely N-dealkylation sites (N-methyl/N-ethyl adjacent to an activating group) is 2. The molecular formula is C7H12ClN3O2S2. The van der Waals surface area contributed by atoms with Crippen molar-refractivity contribution in [1.82, 2.24) is 14.6 Å². The third kappa shape index (κ3) is 3.12. The lowest BCUT2D eigenvalue weighted by Crippen LogP contribution is -2.32. The van der Waals surface area contributed by atoms with Crippen LogP contribution in [0.15, 0.2) is 10.4 Å². The van der Waals surface area contributed by atoms with E-state index in [1.807, 2.05) is 0 Å². The molecule has 0 bridgehead atoms. The Morgan fingerprint density at radius 3 is 2.80 bits per heavy atom. The van der Waals surface area contributed by atoms with Gasteiger partial charge in [0.2, 0.25) is 0 Å². The first-order valence-electron chi connectivity index (χ1n) is 4.20. The van der Waals surface area contributed by atoms with Crippen LogP contribution in [0.1, 0.15) is 0 Å². The van der Waals surface area contributed by atoms with Crippen molar-refractivity contribution in [3.8, 4) is 0 Å². The molecule has 0 unspecified atom stereocenters. The highest BCUT2D eigenvalue weighted by Gasteiger charge is 2.22. The molecule has 15 heavy (non-hydrogen) atoms. The maximum atomic E-state index is 11.9. The second-order valence-electron chi connectivity index (χ2n) is 2.86. The van der Waals surface area contributed by atoms with Crippen LogP contribution in [-0.4, -0.2) is 44.9 Å². The maximum absolute atomic E-state index is 11.9. The van der Waals surface area contributed by atoms with Crippen molar-refractivity contribution >= 4 is 33.0 Å². The van der Waals surface area contributed by atoms with E-state index in [-0.39, 0.29) is 8.68 Å². The van der Waals surface area contributed by atoms with Crippen molar-refractivity contribution in [2.45, 2.75) is 4.21 Å². The number of hydrogen-bond donors (Lipinski definition) is 1. The molecule has 0 amide bonds. The van der Waals surface area contributed by atoms with E-state index in [2.05, 4.69) is 10.3 Å². The predicted octanol–water partition coefficient (Wildman–Crippen LogP) is 0.636. The SMILES string of the molecule is CNCCN(C)S(=O)(=O)c1cnc(Cl)s1. The summed E-state index contributed by atoms with van der Waals surface area (Å²) in [5.41, 5.74) is 0. The second kappa shape index (κ2) is 5.22. The summed E-state index contributed by atoms with van der Waals surface area (Å²) >= 11 is 6.55. The van der Waals surface area contributed by atoms with E-state index in [9.17, 15) is 8.42 Å². The first-order valence-corrected chi connectivity index (χ1v) is 6.84. The third-order valence-electron chi connectivity index (χ3n) is 1.80. The van der Waals surface area contributed by atoms with Crippen LogP contribution in [0.3, 0.4) is 0 Å². The summed E-state index contributed by atoms with van der Waals surface area (Å²) in [4.78, 5) is 3.71. The van der Waals surface area contributed by atoms with Gasteiger partial charge in [0.15, 0.2) is 8.68 Å². The Bertz CT molecular complexity index is 418. The second-order valence-corrected chi connectivity index (χ2v) is 6.75. The Balaban J connectivity index is 2.83. The fraction of sp³-hybridized carbons (Fsp3) is 0.571. The minimum absolute atomic E-state index is 0.172. The van der Waals surface area contributed by atoms with Gasteiger partial charge in [-0.25, -0.2) is 13.4 Å². The summed E-state index contributed by atoms with van der Waals surface area (Å²) in [6, 6.07) is 0. The molecule has 0 fully saturated rings. The molecule has 0 aliphatic heterocycles. The van der Waals surface area contributed by atoms with Crippen LogP contribution in [0, 0.1) is 0 Å². The number of aromatic nitrogens is 1. The van der Waals surface area contributed by atoms with Gasteiger partial charge in [0.1, 0.15) is 0 Å². The molecule has 86 valence electrons. The highest BCUT2D eigenvalue weighted by atomic mass is 35.5. The molecule has 8 heteroatoms. The largest absolute Gasteiger partial charge is 0.318 e. The molecule has 0 radical (unpaired) electrons. The zero-order chi connectivity index (χ0) is 11.5. The summed E-state index contributed by atoms with van der Waals surface area (Å²) in [5, 5.41) is 2.88. The van der Waals surface area contributed by atoms with Crippen LogP contribution in [0.2, 0.25) is 4.47 Å². The molecule has 0 spiro atoms. The standard InChI is InChI=1S/C7H12ClN3O2S2/c1-9-3-4-11(2)15(12,13)6-5-10-7(8)14-6/h5,9H,3-4H2,1-2H3. The van der Waals surface area contributed by atoms with Crippen molar-refractivity contribution in [2.24, 2.45) is 0 Å². The number of halogens is 1. The molecule has 0 aromatic carbocycles. The van der Waals surface area contributed by atoms with Gasteiger partial charge in [0.25, 0.3) is 10.0 Å². The average Bonchev–Trinajstić information content (AvgIpc) is 2.61. The predicted molar refractivity (Wildman–Crippen MR) is 60.9 cm³/mol. The molecule has 1 heterocycles. The molecule has 0 saturated carbocycles. The summed E-state index contributed by atoms with van der Waals surface area (Å²) in [6.07, 6.45) is 1.28. The van der Waals surface area contributed by atoms with E-state index in [1.165, 1.54) is 17.5 Å². The maximum Gasteiger partial charge on any atom is 0.254 e. The molecule has 1 aromatic rings. The molecular weight excluding hydrogens is 258 g/mol. The Morgan fingerprint density at radius 1 is 1.67 bits per heavy atom. The van der Waals surface area contributed by atoms with E-state index in [4.69, 9.17) is 11.6 Å². The fourth-order valence-electron chi connectivity index (χ4n) is 0.901. The summed E-state index contributed by atoms with van der Waals surface area (Å²) < 4.78 is 25.4. The highest BCUT2D eigenvalue weighted by Crippen LogP contribution is 2.24. The summed E-state index contributed by atoms with van der Waals surface area (Å²) in [5.74, 6) is 0. The van der Waals surface area contributed by atoms with Crippen LogP contribution in [0.25, 0.3) is 0 Å². The van der Waals surface area contributed by atoms with Gasteiger partial charge in [-0.15, -0.1) is 0 Å². The Morgan fingerprint density at radius 2 is 2.33 bits per heavy atom. The van der Waals surface area contributed by atoms with E-state index >= 15 is 0 Å². The summed E-state index contributed by atoms with van der Waals surface area (Å²) in [6.45, 7) is 1.01. The Hall–Kier alpha value is -0.210. The van der Waals surface area contributed by atoms with Crippen molar-refractivity contribution in [3.05, 3.63) is 10.7 Å². The minimum Gasteiger partial charge on any atom is -0.318 e. The molecule has 1 N–H and O–H groups in total. The van der Waals surface area contributed by atoms with Gasteiger partial charge < -0.3 is 5.32 Å². The topological polar surface area (TPSA) is 62.3 Å². The monoisotopic (exact) mass is 269 g/mol. The van der Waals surface area contributed by atoms with Gasteiger partial charge in [-0.2, -0.15) is 4.31 Å². The Kier molecular flexibility index (Phi) is 4.47. The average molecular weight is 270 g/mol. The summed E-state index contributed by atoms with van der Waals surface area (Å²) in [7, 11) is -0.130. The molecule has 0 atom stereocenters. The van der Waals surface area contributed by atoms with E-state index in [0.29, 0.717) is 13.1 Å². The van der Waals surface area contributed by atoms with Gasteiger partial charge >= 0.3 is 0 Å². The zero-order valence-corrected chi connectivity index (χ0v) is 10.8. The number of nitrogens with zero attached hydrogens (tertiary/aromatic N) is 2. The lowest BCUT2D eigenvalue weighted by atomic mass is 10.6. The number of rotatable bonds is 5. The molecule has 0 saturated heterocycles. The number of thiazole rings is 1. The number of sulfonamides is 1. The Labute approximate surface area is 98.1 Å². The van der Waals surface area contributed by atoms with Crippen molar-refractivity contribution in [3.63, 3.8) is 0 Å². The third-order valence-corrected chi connectivity index (χ3v) is 5.21. The van der Waals surface area contributed by atoms with Crippen molar-refractivity contribution in [1.29, 1.82) is 0 Å². The van der Waals surface area contributed by atoms with Crippen LogP contribution >= 0.6 is 22.9 Å². The zero-order valence-electron chi connectivity index (χ0n) is 8.40. The number of hydrogen-bond acceptors (Lipinski definition) is 5. The lowest BCUT2D eigenvalue weighted by molar-refractivity contribution is 0.467. The van der Waals surface area contributed by atoms with Crippen molar-refractivity contribution in [2.75, 3.05) is 27.2 Å². The first-order chi connectivity index (χ1) is 6.98. The van der Waals surface area contributed by atoms with Gasteiger partial charge in [0, 0.05) is 20.1 Å². The molecule has 0 aliphatic carbocycles.